The van der Waals surface area contributed by atoms with E-state index >= 15 is 0 Å². The van der Waals surface area contributed by atoms with E-state index in [0.29, 0.717) is 28.6 Å². The molecule has 0 aliphatic heterocycles. The number of hydrogen-bond acceptors (Lipinski definition) is 7. The number of carbonyl (C=O) groups excluding carboxylic acids is 1. The van der Waals surface area contributed by atoms with Crippen molar-refractivity contribution in [1.82, 2.24) is 0 Å². The first-order chi connectivity index (χ1) is 14.0. The van der Waals surface area contributed by atoms with Crippen LogP contribution in [0.5, 0.6) is 23.0 Å². The van der Waals surface area contributed by atoms with Gasteiger partial charge in [-0.05, 0) is 42.3 Å². The molecule has 2 aromatic rings. The van der Waals surface area contributed by atoms with Crippen LogP contribution in [0, 0.1) is 0 Å². The molecule has 0 unspecified atom stereocenters. The number of rotatable bonds is 11. The average Bonchev–Trinajstić information content (AvgIpc) is 2.77. The number of hydrogen-bond donors (Lipinski definition) is 1. The van der Waals surface area contributed by atoms with Gasteiger partial charge in [-0.1, -0.05) is 6.07 Å². The van der Waals surface area contributed by atoms with Gasteiger partial charge in [0.25, 0.3) is 0 Å². The van der Waals surface area contributed by atoms with Crippen molar-refractivity contribution in [1.29, 1.82) is 0 Å². The summed E-state index contributed by atoms with van der Waals surface area (Å²) in [5, 5.41) is 10.6. The number of ketones is 1. The fourth-order valence-electron chi connectivity index (χ4n) is 3.13. The third kappa shape index (κ3) is 5.40. The molecule has 158 valence electrons. The van der Waals surface area contributed by atoms with Gasteiger partial charge in [0, 0.05) is 19.1 Å². The Morgan fingerprint density at radius 1 is 0.828 bits per heavy atom. The van der Waals surface area contributed by atoms with Crippen LogP contribution in [0.2, 0.25) is 0 Å². The van der Waals surface area contributed by atoms with Crippen LogP contribution in [-0.4, -0.2) is 52.5 Å². The maximum Gasteiger partial charge on any atom is 0.163 e. The molecule has 0 saturated heterocycles. The van der Waals surface area contributed by atoms with Gasteiger partial charge in [-0.15, -0.1) is 0 Å². The van der Waals surface area contributed by atoms with E-state index in [1.807, 2.05) is 0 Å². The molecule has 2 aromatic carbocycles. The Morgan fingerprint density at radius 2 is 1.38 bits per heavy atom. The lowest BCUT2D eigenvalue weighted by Crippen LogP contribution is -2.21. The molecule has 0 spiro atoms. The smallest absolute Gasteiger partial charge is 0.163 e. The summed E-state index contributed by atoms with van der Waals surface area (Å²) in [5.74, 6) is 2.06. The summed E-state index contributed by atoms with van der Waals surface area (Å²) in [5.41, 5.74) is 1.23. The molecule has 1 N–H and O–H groups in total. The maximum absolute atomic E-state index is 12.6. The number of benzene rings is 2. The van der Waals surface area contributed by atoms with E-state index in [1.54, 1.807) is 50.6 Å². The van der Waals surface area contributed by atoms with Gasteiger partial charge in [0.2, 0.25) is 0 Å². The number of Topliss-reactive ketones (excluding diaryl/α,β-unsaturated/α-hetero) is 1. The highest BCUT2D eigenvalue weighted by Gasteiger charge is 2.23. The third-order valence-electron chi connectivity index (χ3n) is 4.71. The topological polar surface area (TPSA) is 83.5 Å². The van der Waals surface area contributed by atoms with E-state index in [4.69, 9.17) is 23.7 Å². The largest absolute Gasteiger partial charge is 0.493 e. The summed E-state index contributed by atoms with van der Waals surface area (Å²) in [6.45, 7) is 0. The van der Waals surface area contributed by atoms with Crippen molar-refractivity contribution < 1.29 is 33.6 Å². The van der Waals surface area contributed by atoms with Gasteiger partial charge in [-0.3, -0.25) is 4.79 Å². The van der Waals surface area contributed by atoms with Gasteiger partial charge in [-0.25, -0.2) is 0 Å². The summed E-state index contributed by atoms with van der Waals surface area (Å²) >= 11 is 0. The van der Waals surface area contributed by atoms with Crippen molar-refractivity contribution >= 4 is 5.78 Å². The van der Waals surface area contributed by atoms with Crippen LogP contribution in [-0.2, 0) is 4.74 Å². The van der Waals surface area contributed by atoms with Crippen molar-refractivity contribution in [3.63, 3.8) is 0 Å². The predicted octanol–water partition coefficient (Wildman–Crippen LogP) is 3.43. The van der Waals surface area contributed by atoms with Crippen molar-refractivity contribution in [3.05, 3.63) is 47.5 Å². The van der Waals surface area contributed by atoms with Gasteiger partial charge < -0.3 is 28.8 Å². The number of ether oxygens (including phenoxy) is 5. The Balaban J connectivity index is 2.08. The zero-order valence-electron chi connectivity index (χ0n) is 17.4. The molecule has 7 heteroatoms. The van der Waals surface area contributed by atoms with Gasteiger partial charge in [0.1, 0.15) is 6.10 Å². The first kappa shape index (κ1) is 22.5. The van der Waals surface area contributed by atoms with Crippen LogP contribution in [0.3, 0.4) is 0 Å². The van der Waals surface area contributed by atoms with Gasteiger partial charge in [-0.2, -0.15) is 0 Å². The van der Waals surface area contributed by atoms with E-state index in [0.717, 1.165) is 5.56 Å². The number of carbonyl (C=O) groups is 1. The molecule has 2 atom stereocenters. The van der Waals surface area contributed by atoms with Crippen molar-refractivity contribution in [2.24, 2.45) is 0 Å². The minimum Gasteiger partial charge on any atom is -0.493 e. The van der Waals surface area contributed by atoms with E-state index in [9.17, 15) is 9.90 Å². The van der Waals surface area contributed by atoms with Crippen LogP contribution < -0.4 is 18.9 Å². The quantitative estimate of drug-likeness (QED) is 0.575. The zero-order chi connectivity index (χ0) is 21.4. The fourth-order valence-corrected chi connectivity index (χ4v) is 3.13. The lowest BCUT2D eigenvalue weighted by Gasteiger charge is -2.23. The van der Waals surface area contributed by atoms with Crippen LogP contribution in [0.25, 0.3) is 0 Å². The Hall–Kier alpha value is -2.77. The van der Waals surface area contributed by atoms with Crippen LogP contribution in [0.4, 0.5) is 0 Å². The molecule has 0 aliphatic carbocycles. The average molecular weight is 404 g/mol. The summed E-state index contributed by atoms with van der Waals surface area (Å²) in [6.07, 6.45) is -1.08. The maximum atomic E-state index is 12.6. The standard InChI is InChI=1S/C22H28O7/c1-25-18-10-6-14(12-20(18)27-3)16(23)8-9-17(24)22(29-5)15-7-11-19(26-2)21(13-15)28-4/h6-7,10-13,17,22,24H,8-9H2,1-5H3/t17-,22-/m1/s1. The molecule has 0 amide bonds. The molecule has 0 saturated carbocycles. The second-order valence-electron chi connectivity index (χ2n) is 6.37. The molecule has 2 rings (SSSR count). The molecular formula is C22H28O7. The van der Waals surface area contributed by atoms with E-state index in [1.165, 1.54) is 21.3 Å². The number of methoxy groups -OCH3 is 5. The van der Waals surface area contributed by atoms with Crippen LogP contribution in [0.15, 0.2) is 36.4 Å². The first-order valence-corrected chi connectivity index (χ1v) is 9.17. The van der Waals surface area contributed by atoms with E-state index < -0.39 is 12.2 Å². The second-order valence-corrected chi connectivity index (χ2v) is 6.37. The van der Waals surface area contributed by atoms with Crippen molar-refractivity contribution in [2.75, 3.05) is 35.5 Å². The van der Waals surface area contributed by atoms with Crippen LogP contribution in [0.1, 0.15) is 34.9 Å². The molecule has 0 radical (unpaired) electrons. The van der Waals surface area contributed by atoms with Crippen molar-refractivity contribution in [3.8, 4) is 23.0 Å². The lowest BCUT2D eigenvalue weighted by atomic mass is 9.97. The fraction of sp³-hybridized carbons (Fsp3) is 0.409. The number of aliphatic hydroxyl groups is 1. The Labute approximate surface area is 171 Å². The normalized spacial score (nSPS) is 12.8. The summed E-state index contributed by atoms with van der Waals surface area (Å²) in [7, 11) is 7.67. The summed E-state index contributed by atoms with van der Waals surface area (Å²) in [4.78, 5) is 12.6. The highest BCUT2D eigenvalue weighted by atomic mass is 16.5. The molecule has 0 bridgehead atoms. The van der Waals surface area contributed by atoms with Gasteiger partial charge in [0.05, 0.1) is 34.5 Å². The molecule has 0 aliphatic rings. The Kier molecular flexibility index (Phi) is 8.30. The molecule has 7 nitrogen and oxygen atoms in total. The van der Waals surface area contributed by atoms with E-state index in [2.05, 4.69) is 0 Å². The van der Waals surface area contributed by atoms with Crippen molar-refractivity contribution in [2.45, 2.75) is 25.0 Å². The summed E-state index contributed by atoms with van der Waals surface area (Å²) in [6, 6.07) is 10.3. The molecule has 29 heavy (non-hydrogen) atoms. The van der Waals surface area contributed by atoms with Crippen LogP contribution >= 0.6 is 0 Å². The number of aliphatic hydroxyl groups excluding tert-OH is 1. The SMILES string of the molecule is COc1ccc(C(=O)CC[C@@H](O)[C@H](OC)c2ccc(OC)c(OC)c2)cc1OC. The summed E-state index contributed by atoms with van der Waals surface area (Å²) < 4.78 is 26.5. The highest BCUT2D eigenvalue weighted by molar-refractivity contribution is 5.96. The second kappa shape index (κ2) is 10.7. The lowest BCUT2D eigenvalue weighted by molar-refractivity contribution is -0.0175. The molecule has 0 fully saturated rings. The van der Waals surface area contributed by atoms with Gasteiger partial charge >= 0.3 is 0 Å². The highest BCUT2D eigenvalue weighted by Crippen LogP contribution is 2.33. The Morgan fingerprint density at radius 3 is 1.93 bits per heavy atom. The minimum absolute atomic E-state index is 0.104. The zero-order valence-corrected chi connectivity index (χ0v) is 17.4. The molecule has 0 heterocycles. The predicted molar refractivity (Wildman–Crippen MR) is 108 cm³/mol. The Bertz CT molecular complexity index is 819. The third-order valence-corrected chi connectivity index (χ3v) is 4.71. The van der Waals surface area contributed by atoms with E-state index in [-0.39, 0.29) is 18.6 Å². The van der Waals surface area contributed by atoms with Gasteiger partial charge in [0.15, 0.2) is 28.8 Å². The molecule has 0 aromatic heterocycles. The molecular weight excluding hydrogens is 376 g/mol. The minimum atomic E-state index is -0.873. The monoisotopic (exact) mass is 404 g/mol. The first-order valence-electron chi connectivity index (χ1n) is 9.17.